The van der Waals surface area contributed by atoms with E-state index in [1.165, 1.54) is 0 Å². The number of aryl methyl sites for hydroxylation is 1. The zero-order valence-electron chi connectivity index (χ0n) is 20.8. The summed E-state index contributed by atoms with van der Waals surface area (Å²) in [5, 5.41) is 7.47. The van der Waals surface area contributed by atoms with Gasteiger partial charge in [0.05, 0.1) is 0 Å². The van der Waals surface area contributed by atoms with Crippen LogP contribution in [0.25, 0.3) is 0 Å². The minimum absolute atomic E-state index is 0.0825. The van der Waals surface area contributed by atoms with Crippen LogP contribution in [0.5, 0.6) is 0 Å². The van der Waals surface area contributed by atoms with Crippen molar-refractivity contribution in [2.45, 2.75) is 116 Å². The maximum atomic E-state index is 4.94. The zero-order valence-corrected chi connectivity index (χ0v) is 20.8. The van der Waals surface area contributed by atoms with Crippen LogP contribution >= 0.6 is 0 Å². The summed E-state index contributed by atoms with van der Waals surface area (Å²) in [6.45, 7) is 17.9. The molecule has 1 aromatic rings. The van der Waals surface area contributed by atoms with Crippen molar-refractivity contribution in [3.05, 3.63) is 5.82 Å². The predicted octanol–water partition coefficient (Wildman–Crippen LogP) is 3.28. The van der Waals surface area contributed by atoms with Gasteiger partial charge in [-0.05, 0) is 81.1 Å². The van der Waals surface area contributed by atoms with Crippen molar-refractivity contribution >= 4 is 11.9 Å². The topological polar surface area (TPSA) is 69.2 Å². The van der Waals surface area contributed by atoms with Crippen LogP contribution in [-0.4, -0.2) is 63.8 Å². The summed E-state index contributed by atoms with van der Waals surface area (Å²) >= 11 is 0. The summed E-state index contributed by atoms with van der Waals surface area (Å²) in [7, 11) is 4.27. The first-order valence-corrected chi connectivity index (χ1v) is 11.4. The molecule has 0 aromatic carbocycles. The van der Waals surface area contributed by atoms with Crippen molar-refractivity contribution in [1.82, 2.24) is 25.6 Å². The monoisotopic (exact) mass is 417 g/mol. The Bertz CT molecular complexity index is 742. The van der Waals surface area contributed by atoms with Gasteiger partial charge in [0.1, 0.15) is 5.82 Å². The molecule has 2 atom stereocenters. The van der Waals surface area contributed by atoms with Gasteiger partial charge in [0, 0.05) is 48.8 Å². The zero-order chi connectivity index (χ0) is 22.5. The molecule has 2 aliphatic heterocycles. The van der Waals surface area contributed by atoms with Crippen LogP contribution in [0.15, 0.2) is 0 Å². The van der Waals surface area contributed by atoms with E-state index >= 15 is 0 Å². The van der Waals surface area contributed by atoms with Gasteiger partial charge >= 0.3 is 0 Å². The lowest BCUT2D eigenvalue weighted by molar-refractivity contribution is 0.160. The molecule has 2 fully saturated rings. The van der Waals surface area contributed by atoms with Crippen molar-refractivity contribution in [2.75, 3.05) is 23.9 Å². The largest absolute Gasteiger partial charge is 0.341 e. The van der Waals surface area contributed by atoms with Gasteiger partial charge in [-0.3, -0.25) is 0 Å². The van der Waals surface area contributed by atoms with Gasteiger partial charge in [0.15, 0.2) is 0 Å². The number of anilines is 2. The Hall–Kier alpha value is -1.47. The maximum absolute atomic E-state index is 4.94. The third kappa shape index (κ3) is 5.41. The summed E-state index contributed by atoms with van der Waals surface area (Å²) in [6.07, 6.45) is 4.28. The Labute approximate surface area is 183 Å². The lowest BCUT2D eigenvalue weighted by atomic mass is 9.79. The van der Waals surface area contributed by atoms with Crippen LogP contribution in [0.2, 0.25) is 0 Å². The van der Waals surface area contributed by atoms with Crippen molar-refractivity contribution < 1.29 is 0 Å². The van der Waals surface area contributed by atoms with Crippen molar-refractivity contribution in [2.24, 2.45) is 0 Å². The van der Waals surface area contributed by atoms with E-state index in [2.05, 4.69) is 83.0 Å². The van der Waals surface area contributed by atoms with E-state index in [1.54, 1.807) is 0 Å². The second kappa shape index (κ2) is 7.90. The highest BCUT2D eigenvalue weighted by molar-refractivity contribution is 5.40. The molecule has 2 N–H and O–H groups in total. The Morgan fingerprint density at radius 3 is 1.73 bits per heavy atom. The molecule has 1 aromatic heterocycles. The van der Waals surface area contributed by atoms with Crippen molar-refractivity contribution in [3.8, 4) is 0 Å². The molecule has 30 heavy (non-hydrogen) atoms. The quantitative estimate of drug-likeness (QED) is 0.779. The van der Waals surface area contributed by atoms with Crippen LogP contribution < -0.4 is 20.4 Å². The molecule has 0 amide bonds. The number of nitrogens with one attached hydrogen (secondary N) is 2. The Balaban J connectivity index is 1.84. The minimum Gasteiger partial charge on any atom is -0.341 e. The van der Waals surface area contributed by atoms with Crippen LogP contribution in [0, 0.1) is 6.92 Å². The highest BCUT2D eigenvalue weighted by atomic mass is 15.3. The van der Waals surface area contributed by atoms with Crippen molar-refractivity contribution in [3.63, 3.8) is 0 Å². The Kier molecular flexibility index (Phi) is 6.11. The molecule has 3 rings (SSSR count). The first-order valence-electron chi connectivity index (χ1n) is 11.4. The lowest BCUT2D eigenvalue weighted by Crippen LogP contribution is -2.62. The highest BCUT2D eigenvalue weighted by Crippen LogP contribution is 2.33. The summed E-state index contributed by atoms with van der Waals surface area (Å²) in [6, 6.07) is 1.27. The molecule has 7 nitrogen and oxygen atoms in total. The number of rotatable bonds is 4. The first kappa shape index (κ1) is 23.2. The summed E-state index contributed by atoms with van der Waals surface area (Å²) in [5.74, 6) is 2.35. The van der Waals surface area contributed by atoms with Crippen molar-refractivity contribution in [1.29, 1.82) is 0 Å². The third-order valence-corrected chi connectivity index (χ3v) is 6.63. The molecule has 0 radical (unpaired) electrons. The fourth-order valence-corrected chi connectivity index (χ4v) is 5.80. The molecule has 0 saturated carbocycles. The maximum Gasteiger partial charge on any atom is 0.230 e. The standard InChI is InChI=1S/C23H43N7/c1-15-11-17(12-21(3,4)27-15)29(9)19-24-16(2)25-20(26-19)30(10)18-13-22(5,6)28-23(7,8)14-18/h15,17-18,27-28H,11-14H2,1-10H3. The van der Waals surface area contributed by atoms with Gasteiger partial charge in [-0.1, -0.05) is 0 Å². The fraction of sp³-hybridized carbons (Fsp3) is 0.870. The number of aromatic nitrogens is 3. The Morgan fingerprint density at radius 2 is 1.23 bits per heavy atom. The van der Waals surface area contributed by atoms with Gasteiger partial charge in [-0.15, -0.1) is 0 Å². The normalized spacial score (nSPS) is 28.2. The lowest BCUT2D eigenvalue weighted by Gasteiger charge is -2.49. The molecule has 2 aliphatic rings. The van der Waals surface area contributed by atoms with E-state index in [1.807, 2.05) is 6.92 Å². The van der Waals surface area contributed by atoms with Gasteiger partial charge in [-0.25, -0.2) is 0 Å². The molecule has 2 saturated heterocycles. The van der Waals surface area contributed by atoms with Crippen LogP contribution in [0.1, 0.15) is 80.0 Å². The highest BCUT2D eigenvalue weighted by Gasteiger charge is 2.40. The fourth-order valence-electron chi connectivity index (χ4n) is 5.80. The number of piperidine rings is 2. The van der Waals surface area contributed by atoms with E-state index in [0.29, 0.717) is 18.1 Å². The molecule has 170 valence electrons. The molecular weight excluding hydrogens is 374 g/mol. The molecule has 7 heteroatoms. The van der Waals surface area contributed by atoms with Crippen LogP contribution in [-0.2, 0) is 0 Å². The summed E-state index contributed by atoms with van der Waals surface area (Å²) in [5.41, 5.74) is 0.281. The minimum atomic E-state index is 0.0825. The van der Waals surface area contributed by atoms with Gasteiger partial charge in [0.25, 0.3) is 0 Å². The average Bonchev–Trinajstić information content (AvgIpc) is 2.55. The molecule has 0 spiro atoms. The summed E-state index contributed by atoms with van der Waals surface area (Å²) < 4.78 is 0. The first-order chi connectivity index (χ1) is 13.7. The molecule has 0 bridgehead atoms. The second-order valence-electron chi connectivity index (χ2n) is 11.7. The molecular formula is C23H43N7. The van der Waals surface area contributed by atoms with Crippen LogP contribution in [0.4, 0.5) is 11.9 Å². The average molecular weight is 418 g/mol. The number of nitrogens with zero attached hydrogens (tertiary/aromatic N) is 5. The summed E-state index contributed by atoms with van der Waals surface area (Å²) in [4.78, 5) is 18.9. The van der Waals surface area contributed by atoms with Gasteiger partial charge < -0.3 is 20.4 Å². The van der Waals surface area contributed by atoms with E-state index in [-0.39, 0.29) is 16.6 Å². The van der Waals surface area contributed by atoms with Gasteiger partial charge in [0.2, 0.25) is 11.9 Å². The third-order valence-electron chi connectivity index (χ3n) is 6.63. The predicted molar refractivity (Wildman–Crippen MR) is 125 cm³/mol. The second-order valence-corrected chi connectivity index (χ2v) is 11.7. The SMILES string of the molecule is Cc1nc(N(C)C2CC(C)NC(C)(C)C2)nc(N(C)C2CC(C)(C)NC(C)(C)C2)n1. The molecule has 3 heterocycles. The molecule has 2 unspecified atom stereocenters. The smallest absolute Gasteiger partial charge is 0.230 e. The van der Waals surface area contributed by atoms with E-state index in [4.69, 9.17) is 15.0 Å². The number of hydrogen-bond acceptors (Lipinski definition) is 7. The van der Waals surface area contributed by atoms with Crippen LogP contribution in [0.3, 0.4) is 0 Å². The van der Waals surface area contributed by atoms with E-state index in [0.717, 1.165) is 43.4 Å². The number of hydrogen-bond donors (Lipinski definition) is 2. The van der Waals surface area contributed by atoms with E-state index in [9.17, 15) is 0 Å². The van der Waals surface area contributed by atoms with E-state index < -0.39 is 0 Å². The Morgan fingerprint density at radius 1 is 0.767 bits per heavy atom. The molecule has 0 aliphatic carbocycles. The van der Waals surface area contributed by atoms with Gasteiger partial charge in [-0.2, -0.15) is 15.0 Å².